The summed E-state index contributed by atoms with van der Waals surface area (Å²) < 4.78 is -1.21. The Morgan fingerprint density at radius 3 is 2.45 bits per heavy atom. The maximum absolute atomic E-state index is 12.7. The Kier molecular flexibility index (Phi) is 8.51. The summed E-state index contributed by atoms with van der Waals surface area (Å²) in [5, 5.41) is 41.2. The molecule has 0 radical (unpaired) electrons. The molecular weight excluding hydrogens is 410 g/mol. The summed E-state index contributed by atoms with van der Waals surface area (Å²) in [5.74, 6) is -2.65. The lowest BCUT2D eigenvalue weighted by Crippen LogP contribution is -3.11. The van der Waals surface area contributed by atoms with Gasteiger partial charge in [-0.1, -0.05) is 13.8 Å². The molecule has 2 saturated heterocycles. The summed E-state index contributed by atoms with van der Waals surface area (Å²) in [6, 6.07) is -1.16. The number of piperazine rings is 2. The van der Waals surface area contributed by atoms with Crippen molar-refractivity contribution in [2.24, 2.45) is 5.92 Å². The van der Waals surface area contributed by atoms with Gasteiger partial charge in [0.25, 0.3) is 0 Å². The van der Waals surface area contributed by atoms with Crippen molar-refractivity contribution in [3.63, 3.8) is 0 Å². The Morgan fingerprint density at radius 2 is 1.87 bits per heavy atom. The number of hydroxylamine groups is 5. The molecule has 3 amide bonds. The van der Waals surface area contributed by atoms with Crippen molar-refractivity contribution in [3.05, 3.63) is 22.2 Å². The van der Waals surface area contributed by atoms with Crippen molar-refractivity contribution in [2.75, 3.05) is 32.7 Å². The smallest absolute Gasteiger partial charge is 0.390 e. The van der Waals surface area contributed by atoms with Gasteiger partial charge in [0.1, 0.15) is 38.3 Å². The number of hydrogen-bond acceptors (Lipinski definition) is 6. The zero-order valence-corrected chi connectivity index (χ0v) is 17.8. The zero-order chi connectivity index (χ0) is 23.2. The summed E-state index contributed by atoms with van der Waals surface area (Å²) in [5.41, 5.74) is -0.591. The van der Waals surface area contributed by atoms with E-state index in [1.54, 1.807) is 0 Å². The Morgan fingerprint density at radius 1 is 1.23 bits per heavy atom. The number of carboxylic acids is 1. The van der Waals surface area contributed by atoms with Crippen molar-refractivity contribution >= 4 is 23.7 Å². The van der Waals surface area contributed by atoms with Crippen LogP contribution in [0.1, 0.15) is 33.1 Å². The number of carboxylic acid groups (broad SMARTS) is 1. The van der Waals surface area contributed by atoms with Gasteiger partial charge in [-0.3, -0.25) is 14.4 Å². The van der Waals surface area contributed by atoms with E-state index in [4.69, 9.17) is 0 Å². The second kappa shape index (κ2) is 10.7. The molecule has 0 aliphatic carbocycles. The fraction of sp³-hybridized carbons (Fsp3) is 0.684. The molecule has 2 atom stereocenters. The molecule has 2 unspecified atom stereocenters. The first-order valence-electron chi connectivity index (χ1n) is 10.5. The summed E-state index contributed by atoms with van der Waals surface area (Å²) in [4.78, 5) is 47.7. The molecule has 31 heavy (non-hydrogen) atoms. The molecule has 12 heteroatoms. The molecule has 2 rings (SSSR count). The molecule has 0 aromatic heterocycles. The lowest BCUT2D eigenvalue weighted by atomic mass is 9.98. The van der Waals surface area contributed by atoms with Crippen LogP contribution in [-0.4, -0.2) is 78.3 Å². The van der Waals surface area contributed by atoms with Crippen LogP contribution >= 0.6 is 0 Å². The third-order valence-electron chi connectivity index (χ3n) is 5.53. The van der Waals surface area contributed by atoms with Crippen LogP contribution in [0.5, 0.6) is 0 Å². The Hall–Kier alpha value is -2.54. The van der Waals surface area contributed by atoms with E-state index in [0.717, 1.165) is 6.08 Å². The average molecular weight is 441 g/mol. The van der Waals surface area contributed by atoms with Crippen LogP contribution in [-0.2, 0) is 19.2 Å². The van der Waals surface area contributed by atoms with E-state index in [1.165, 1.54) is 0 Å². The zero-order valence-electron chi connectivity index (χ0n) is 17.8. The summed E-state index contributed by atoms with van der Waals surface area (Å²) in [6.45, 7) is 3.49. The molecule has 0 saturated carbocycles. The van der Waals surface area contributed by atoms with Crippen molar-refractivity contribution in [1.29, 1.82) is 0 Å². The third-order valence-corrected chi connectivity index (χ3v) is 5.53. The van der Waals surface area contributed by atoms with Crippen LogP contribution in [0.4, 0.5) is 0 Å². The second-order valence-corrected chi connectivity index (χ2v) is 8.29. The molecule has 2 aliphatic heterocycles. The predicted octanol–water partition coefficient (Wildman–Crippen LogP) is -2.41. The molecule has 0 aromatic carbocycles. The van der Waals surface area contributed by atoms with Gasteiger partial charge in [0.15, 0.2) is 0 Å². The van der Waals surface area contributed by atoms with E-state index in [1.807, 2.05) is 13.8 Å². The van der Waals surface area contributed by atoms with E-state index >= 15 is 0 Å². The average Bonchev–Trinajstić information content (AvgIpc) is 2.70. The Balaban J connectivity index is 1.78. The largest absolute Gasteiger partial charge is 0.634 e. The molecule has 174 valence electrons. The summed E-state index contributed by atoms with van der Waals surface area (Å²) >= 11 is 0. The predicted molar refractivity (Wildman–Crippen MR) is 109 cm³/mol. The molecule has 2 aliphatic rings. The van der Waals surface area contributed by atoms with E-state index in [0.29, 0.717) is 19.3 Å². The first kappa shape index (κ1) is 24.7. The van der Waals surface area contributed by atoms with Crippen molar-refractivity contribution < 1.29 is 34.0 Å². The minimum atomic E-state index is -1.49. The van der Waals surface area contributed by atoms with Crippen LogP contribution in [0, 0.1) is 16.3 Å². The molecule has 0 aromatic rings. The number of rotatable bonds is 9. The van der Waals surface area contributed by atoms with Gasteiger partial charge >= 0.3 is 5.97 Å². The fourth-order valence-electron chi connectivity index (χ4n) is 3.62. The van der Waals surface area contributed by atoms with Gasteiger partial charge < -0.3 is 41.2 Å². The highest BCUT2D eigenvalue weighted by molar-refractivity contribution is 5.97. The van der Waals surface area contributed by atoms with Crippen LogP contribution in [0.25, 0.3) is 0 Å². The Bertz CT molecular complexity index is 731. The SMILES string of the molecule is CC(C)C1NC(=O)C(CCCCNC(=O)/C=C(/C(=O)O)[N+]2([O-])CC[NH+]([O-])CC2)NC1=O. The summed E-state index contributed by atoms with van der Waals surface area (Å²) in [6.07, 6.45) is 2.24. The number of carbonyl (C=O) groups excluding carboxylic acids is 3. The number of aliphatic carboxylic acids is 1. The number of nitrogens with zero attached hydrogens (tertiary/aromatic N) is 1. The van der Waals surface area contributed by atoms with Crippen molar-refractivity contribution in [1.82, 2.24) is 16.0 Å². The van der Waals surface area contributed by atoms with E-state index in [2.05, 4.69) is 16.0 Å². The lowest BCUT2D eigenvalue weighted by Gasteiger charge is -2.46. The first-order valence-corrected chi connectivity index (χ1v) is 10.5. The van der Waals surface area contributed by atoms with Gasteiger partial charge in [0.2, 0.25) is 23.4 Å². The van der Waals surface area contributed by atoms with Gasteiger partial charge in [-0.15, -0.1) is 0 Å². The first-order chi connectivity index (χ1) is 14.5. The van der Waals surface area contributed by atoms with Gasteiger partial charge in [-0.25, -0.2) is 4.79 Å². The standard InChI is InChI=1S/C19H31N5O7/c1-12(2)16-18(27)21-13(17(26)22-16)5-3-4-6-20-15(25)11-14(19(28)29)24(31)9-7-23(30)8-10-24/h11-13,16,23H,3-10H2,1-2H3,(H,20,25)(H,21,27)(H,22,26)(H,28,29)/b14-11-. The molecule has 12 nitrogen and oxygen atoms in total. The van der Waals surface area contributed by atoms with Gasteiger partial charge in [-0.2, -0.15) is 0 Å². The molecule has 5 N–H and O–H groups in total. The summed E-state index contributed by atoms with van der Waals surface area (Å²) in [7, 11) is 0. The van der Waals surface area contributed by atoms with E-state index in [-0.39, 0.29) is 55.5 Å². The van der Waals surface area contributed by atoms with Crippen LogP contribution < -0.4 is 21.0 Å². The lowest BCUT2D eigenvalue weighted by molar-refractivity contribution is -0.958. The number of hydrogen-bond donors (Lipinski definition) is 5. The van der Waals surface area contributed by atoms with Gasteiger partial charge in [-0.05, 0) is 25.2 Å². The second-order valence-electron chi connectivity index (χ2n) is 8.29. The fourth-order valence-corrected chi connectivity index (χ4v) is 3.62. The topological polar surface area (TPSA) is 175 Å². The van der Waals surface area contributed by atoms with E-state index < -0.39 is 34.3 Å². The quantitative estimate of drug-likeness (QED) is 0.115. The Labute approximate surface area is 180 Å². The van der Waals surface area contributed by atoms with Crippen LogP contribution in [0.2, 0.25) is 0 Å². The maximum Gasteiger partial charge on any atom is 0.390 e. The van der Waals surface area contributed by atoms with Gasteiger partial charge in [0, 0.05) is 6.54 Å². The number of quaternary nitrogens is 2. The molecular formula is C19H31N5O7. The molecule has 0 bridgehead atoms. The van der Waals surface area contributed by atoms with Crippen molar-refractivity contribution in [3.8, 4) is 0 Å². The molecule has 0 spiro atoms. The minimum Gasteiger partial charge on any atom is -0.634 e. The highest BCUT2D eigenvalue weighted by Crippen LogP contribution is 2.17. The normalized spacial score (nSPS) is 29.3. The maximum atomic E-state index is 12.7. The number of unbranched alkanes of at least 4 members (excludes halogenated alkanes) is 1. The number of carbonyl (C=O) groups is 4. The number of amides is 3. The van der Waals surface area contributed by atoms with Gasteiger partial charge in [0.05, 0.1) is 6.08 Å². The highest BCUT2D eigenvalue weighted by atomic mass is 16.6. The van der Waals surface area contributed by atoms with Crippen LogP contribution in [0.15, 0.2) is 11.8 Å². The monoisotopic (exact) mass is 441 g/mol. The molecule has 2 fully saturated rings. The van der Waals surface area contributed by atoms with Crippen molar-refractivity contribution in [2.45, 2.75) is 45.2 Å². The van der Waals surface area contributed by atoms with Crippen LogP contribution in [0.3, 0.4) is 0 Å². The van der Waals surface area contributed by atoms with E-state index in [9.17, 15) is 34.7 Å². The molecule has 2 heterocycles. The third kappa shape index (κ3) is 6.72. The highest BCUT2D eigenvalue weighted by Gasteiger charge is 2.35. The minimum absolute atomic E-state index is 0.00941. The number of nitrogens with one attached hydrogen (secondary N) is 4.